The largest absolute Gasteiger partial charge is 0.459 e. The lowest BCUT2D eigenvalue weighted by Crippen LogP contribution is -2.55. The molecule has 5 nitrogen and oxygen atoms in total. The summed E-state index contributed by atoms with van der Waals surface area (Å²) in [5, 5.41) is 0. The van der Waals surface area contributed by atoms with E-state index in [9.17, 15) is 14.4 Å². The first-order chi connectivity index (χ1) is 9.16. The SMILES string of the molecule is O=C1CC2CC(=O)N2C1C(=O)OCc1ccccc1. The van der Waals surface area contributed by atoms with Crippen molar-refractivity contribution in [2.75, 3.05) is 0 Å². The first-order valence-electron chi connectivity index (χ1n) is 6.21. The molecule has 2 fully saturated rings. The minimum absolute atomic E-state index is 0.0886. The highest BCUT2D eigenvalue weighted by Gasteiger charge is 2.54. The number of carbonyl (C=O) groups excluding carboxylic acids is 3. The molecule has 0 radical (unpaired) electrons. The van der Waals surface area contributed by atoms with Gasteiger partial charge in [-0.3, -0.25) is 9.59 Å². The molecule has 2 heterocycles. The van der Waals surface area contributed by atoms with Gasteiger partial charge in [0.25, 0.3) is 0 Å². The van der Waals surface area contributed by atoms with Crippen LogP contribution >= 0.6 is 0 Å². The zero-order valence-corrected chi connectivity index (χ0v) is 10.2. The van der Waals surface area contributed by atoms with Crippen LogP contribution in [-0.4, -0.2) is 34.6 Å². The number of hydrogen-bond acceptors (Lipinski definition) is 4. The van der Waals surface area contributed by atoms with E-state index in [1.165, 1.54) is 4.90 Å². The molecule has 1 aromatic carbocycles. The van der Waals surface area contributed by atoms with Gasteiger partial charge in [0.2, 0.25) is 5.91 Å². The molecule has 0 spiro atoms. The van der Waals surface area contributed by atoms with Crippen molar-refractivity contribution in [2.24, 2.45) is 0 Å². The lowest BCUT2D eigenvalue weighted by atomic mass is 10.0. The average Bonchev–Trinajstić information content (AvgIpc) is 2.68. The van der Waals surface area contributed by atoms with E-state index >= 15 is 0 Å². The van der Waals surface area contributed by atoms with Crippen LogP contribution in [0.3, 0.4) is 0 Å². The molecule has 2 aliphatic heterocycles. The van der Waals surface area contributed by atoms with Crippen molar-refractivity contribution in [3.05, 3.63) is 35.9 Å². The molecular weight excluding hydrogens is 246 g/mol. The fourth-order valence-corrected chi connectivity index (χ4v) is 2.57. The highest BCUT2D eigenvalue weighted by Crippen LogP contribution is 2.33. The number of Topliss-reactive ketones (excluding diaryl/α,β-unsaturated/α-hetero) is 1. The number of rotatable bonds is 3. The first-order valence-corrected chi connectivity index (χ1v) is 6.21. The Labute approximate surface area is 110 Å². The molecule has 2 aliphatic rings. The van der Waals surface area contributed by atoms with Crippen molar-refractivity contribution in [2.45, 2.75) is 31.5 Å². The van der Waals surface area contributed by atoms with Gasteiger partial charge >= 0.3 is 5.97 Å². The van der Waals surface area contributed by atoms with Crippen molar-refractivity contribution in [1.29, 1.82) is 0 Å². The molecule has 2 atom stereocenters. The smallest absolute Gasteiger partial charge is 0.337 e. The van der Waals surface area contributed by atoms with Gasteiger partial charge in [-0.1, -0.05) is 30.3 Å². The van der Waals surface area contributed by atoms with E-state index in [2.05, 4.69) is 0 Å². The van der Waals surface area contributed by atoms with Crippen LogP contribution in [0.2, 0.25) is 0 Å². The third-order valence-electron chi connectivity index (χ3n) is 3.56. The maximum Gasteiger partial charge on any atom is 0.337 e. The fourth-order valence-electron chi connectivity index (χ4n) is 2.57. The molecule has 0 saturated carbocycles. The molecule has 0 bridgehead atoms. The summed E-state index contributed by atoms with van der Waals surface area (Å²) in [6.07, 6.45) is 0.644. The number of nitrogens with zero attached hydrogens (tertiary/aromatic N) is 1. The van der Waals surface area contributed by atoms with Gasteiger partial charge in [0.05, 0.1) is 0 Å². The van der Waals surface area contributed by atoms with E-state index in [1.54, 1.807) is 0 Å². The van der Waals surface area contributed by atoms with Crippen LogP contribution in [0.25, 0.3) is 0 Å². The minimum atomic E-state index is -1.02. The van der Waals surface area contributed by atoms with Crippen LogP contribution in [-0.2, 0) is 25.7 Å². The highest BCUT2D eigenvalue weighted by molar-refractivity contribution is 6.10. The van der Waals surface area contributed by atoms with Gasteiger partial charge in [-0.2, -0.15) is 0 Å². The van der Waals surface area contributed by atoms with Crippen molar-refractivity contribution in [3.63, 3.8) is 0 Å². The van der Waals surface area contributed by atoms with E-state index < -0.39 is 12.0 Å². The number of ether oxygens (including phenoxy) is 1. The summed E-state index contributed by atoms with van der Waals surface area (Å²) in [4.78, 5) is 36.4. The summed E-state index contributed by atoms with van der Waals surface area (Å²) in [7, 11) is 0. The molecule has 98 valence electrons. The van der Waals surface area contributed by atoms with Crippen LogP contribution < -0.4 is 0 Å². The van der Waals surface area contributed by atoms with Crippen LogP contribution in [0.1, 0.15) is 18.4 Å². The quantitative estimate of drug-likeness (QED) is 0.455. The summed E-state index contributed by atoms with van der Waals surface area (Å²) in [5.41, 5.74) is 0.854. The van der Waals surface area contributed by atoms with Crippen LogP contribution in [0.5, 0.6) is 0 Å². The Morgan fingerprint density at radius 1 is 1.21 bits per heavy atom. The van der Waals surface area contributed by atoms with E-state index in [4.69, 9.17) is 4.74 Å². The standard InChI is InChI=1S/C14H13NO4/c16-11-6-10-7-12(17)15(10)13(11)14(18)19-8-9-4-2-1-3-5-9/h1-5,10,13H,6-8H2. The number of carbonyl (C=O) groups is 3. The zero-order valence-electron chi connectivity index (χ0n) is 10.2. The number of benzene rings is 1. The molecule has 2 saturated heterocycles. The average molecular weight is 259 g/mol. The van der Waals surface area contributed by atoms with Gasteiger partial charge in [0.1, 0.15) is 6.61 Å². The van der Waals surface area contributed by atoms with E-state index in [0.29, 0.717) is 6.42 Å². The molecule has 19 heavy (non-hydrogen) atoms. The lowest BCUT2D eigenvalue weighted by molar-refractivity contribution is -0.162. The van der Waals surface area contributed by atoms with Gasteiger partial charge in [-0.25, -0.2) is 4.79 Å². The minimum Gasteiger partial charge on any atom is -0.459 e. The molecule has 1 aromatic rings. The van der Waals surface area contributed by atoms with Gasteiger partial charge in [0, 0.05) is 18.9 Å². The van der Waals surface area contributed by atoms with Crippen molar-refractivity contribution >= 4 is 17.7 Å². The third-order valence-corrected chi connectivity index (χ3v) is 3.56. The van der Waals surface area contributed by atoms with E-state index in [0.717, 1.165) is 5.56 Å². The number of amides is 1. The Bertz CT molecular complexity index is 540. The van der Waals surface area contributed by atoms with Gasteiger partial charge in [-0.15, -0.1) is 0 Å². The van der Waals surface area contributed by atoms with Gasteiger partial charge in [-0.05, 0) is 5.56 Å². The fraction of sp³-hybridized carbons (Fsp3) is 0.357. The molecule has 3 rings (SSSR count). The number of β-lactam (4-membered cyclic amide) rings is 1. The highest BCUT2D eigenvalue weighted by atomic mass is 16.5. The normalized spacial score (nSPS) is 24.9. The summed E-state index contributed by atoms with van der Waals surface area (Å²) >= 11 is 0. The van der Waals surface area contributed by atoms with Gasteiger partial charge < -0.3 is 9.64 Å². The van der Waals surface area contributed by atoms with E-state index in [-0.39, 0.29) is 30.8 Å². The van der Waals surface area contributed by atoms with Crippen LogP contribution in [0.4, 0.5) is 0 Å². The molecule has 2 unspecified atom stereocenters. The van der Waals surface area contributed by atoms with Crippen LogP contribution in [0, 0.1) is 0 Å². The van der Waals surface area contributed by atoms with E-state index in [1.807, 2.05) is 30.3 Å². The topological polar surface area (TPSA) is 63.7 Å². The maximum atomic E-state index is 11.9. The number of hydrogen-bond donors (Lipinski definition) is 0. The Kier molecular flexibility index (Phi) is 2.81. The first kappa shape index (κ1) is 11.9. The lowest BCUT2D eigenvalue weighted by Gasteiger charge is -2.36. The summed E-state index contributed by atoms with van der Waals surface area (Å²) in [6.45, 7) is 0.121. The Morgan fingerprint density at radius 3 is 2.63 bits per heavy atom. The zero-order chi connectivity index (χ0) is 13.4. The molecular formula is C14H13NO4. The number of ketones is 1. The Hall–Kier alpha value is -2.17. The predicted molar refractivity (Wildman–Crippen MR) is 64.9 cm³/mol. The molecule has 0 aromatic heterocycles. The summed E-state index contributed by atoms with van der Waals surface area (Å²) in [5.74, 6) is -0.976. The third kappa shape index (κ3) is 2.01. The summed E-state index contributed by atoms with van der Waals surface area (Å²) in [6, 6.07) is 8.12. The maximum absolute atomic E-state index is 11.9. The second-order valence-electron chi connectivity index (χ2n) is 4.83. The van der Waals surface area contributed by atoms with Crippen molar-refractivity contribution < 1.29 is 19.1 Å². The number of fused-ring (bicyclic) bond motifs is 1. The Morgan fingerprint density at radius 2 is 1.95 bits per heavy atom. The van der Waals surface area contributed by atoms with Gasteiger partial charge in [0.15, 0.2) is 11.8 Å². The number of esters is 1. The van der Waals surface area contributed by atoms with Crippen molar-refractivity contribution in [1.82, 2.24) is 4.90 Å². The Balaban J connectivity index is 1.64. The molecule has 0 N–H and O–H groups in total. The summed E-state index contributed by atoms with van der Waals surface area (Å²) < 4.78 is 5.13. The molecule has 1 amide bonds. The molecule has 5 heteroatoms. The predicted octanol–water partition coefficient (Wildman–Crippen LogP) is 0.672. The van der Waals surface area contributed by atoms with Crippen LogP contribution in [0.15, 0.2) is 30.3 Å². The van der Waals surface area contributed by atoms with Crippen molar-refractivity contribution in [3.8, 4) is 0 Å². The monoisotopic (exact) mass is 259 g/mol. The second-order valence-corrected chi connectivity index (χ2v) is 4.83. The second kappa shape index (κ2) is 4.50. The molecule has 0 aliphatic carbocycles.